The van der Waals surface area contributed by atoms with Crippen molar-refractivity contribution in [3.8, 4) is 0 Å². The van der Waals surface area contributed by atoms with Crippen LogP contribution in [0.2, 0.25) is 0 Å². The van der Waals surface area contributed by atoms with Crippen LogP contribution in [0, 0.1) is 11.8 Å². The number of hydrogen-bond donors (Lipinski definition) is 7. The first kappa shape index (κ1) is 27.3. The molecule has 0 saturated heterocycles. The first-order valence-corrected chi connectivity index (χ1v) is 9.58. The number of hydrogen-bond acceptors (Lipinski definition) is 7. The van der Waals surface area contributed by atoms with Crippen LogP contribution < -0.4 is 27.4 Å². The van der Waals surface area contributed by atoms with Gasteiger partial charge < -0.3 is 37.6 Å². The molecule has 0 saturated carbocycles. The molecule has 4 amide bonds. The standard InChI is InChI=1S/C18H33N5O7/c1-8(2)5-10(19)15(26)22-12(7-24)16(27)23-14(9(3)4)17(28)21-11(18(29)30)6-13(20)25/h8-12,14,24H,5-7,19H2,1-4H3,(H2,20,25)(H,21,28)(H,22,26)(H,23,27)(H,29,30). The van der Waals surface area contributed by atoms with E-state index in [2.05, 4.69) is 16.0 Å². The van der Waals surface area contributed by atoms with E-state index in [0.717, 1.165) is 0 Å². The lowest BCUT2D eigenvalue weighted by molar-refractivity contribution is -0.144. The molecule has 4 unspecified atom stereocenters. The van der Waals surface area contributed by atoms with Gasteiger partial charge in [0.15, 0.2) is 0 Å². The first-order chi connectivity index (χ1) is 13.8. The molecule has 0 aliphatic rings. The SMILES string of the molecule is CC(C)CC(N)C(=O)NC(CO)C(=O)NC(C(=O)NC(CC(N)=O)C(=O)O)C(C)C. The maximum Gasteiger partial charge on any atom is 0.326 e. The number of nitrogens with two attached hydrogens (primary N) is 2. The third-order valence-electron chi connectivity index (χ3n) is 4.14. The van der Waals surface area contributed by atoms with Crippen LogP contribution in [0.1, 0.15) is 40.5 Å². The molecule has 0 aromatic carbocycles. The lowest BCUT2D eigenvalue weighted by Gasteiger charge is -2.26. The number of aliphatic carboxylic acids is 1. The predicted molar refractivity (Wildman–Crippen MR) is 107 cm³/mol. The highest BCUT2D eigenvalue weighted by Gasteiger charge is 2.32. The van der Waals surface area contributed by atoms with Gasteiger partial charge in [0.05, 0.1) is 19.1 Å². The summed E-state index contributed by atoms with van der Waals surface area (Å²) >= 11 is 0. The quantitative estimate of drug-likeness (QED) is 0.164. The molecule has 0 spiro atoms. The summed E-state index contributed by atoms with van der Waals surface area (Å²) in [4.78, 5) is 59.2. The van der Waals surface area contributed by atoms with Crippen LogP contribution >= 0.6 is 0 Å². The Bertz CT molecular complexity index is 638. The van der Waals surface area contributed by atoms with Crippen molar-refractivity contribution in [2.45, 2.75) is 64.7 Å². The summed E-state index contributed by atoms with van der Waals surface area (Å²) in [6.07, 6.45) is -0.248. The fourth-order valence-electron chi connectivity index (χ4n) is 2.54. The summed E-state index contributed by atoms with van der Waals surface area (Å²) in [5.41, 5.74) is 10.7. The molecule has 12 nitrogen and oxygen atoms in total. The lowest BCUT2D eigenvalue weighted by Crippen LogP contribution is -2.59. The van der Waals surface area contributed by atoms with E-state index in [-0.39, 0.29) is 5.92 Å². The van der Waals surface area contributed by atoms with Crippen molar-refractivity contribution in [3.05, 3.63) is 0 Å². The van der Waals surface area contributed by atoms with Crippen LogP contribution in [-0.2, 0) is 24.0 Å². The monoisotopic (exact) mass is 431 g/mol. The number of nitrogens with one attached hydrogen (secondary N) is 3. The van der Waals surface area contributed by atoms with E-state index in [4.69, 9.17) is 16.6 Å². The maximum atomic E-state index is 12.5. The van der Waals surface area contributed by atoms with Gasteiger partial charge in [-0.3, -0.25) is 19.2 Å². The van der Waals surface area contributed by atoms with Crippen molar-refractivity contribution >= 4 is 29.6 Å². The number of amides is 4. The molecule has 0 fully saturated rings. The fraction of sp³-hybridized carbons (Fsp3) is 0.722. The van der Waals surface area contributed by atoms with E-state index < -0.39 is 72.7 Å². The minimum absolute atomic E-state index is 0.142. The second-order valence-corrected chi connectivity index (χ2v) is 7.78. The molecule has 12 heteroatoms. The topological polar surface area (TPSA) is 214 Å². The van der Waals surface area contributed by atoms with Crippen LogP contribution in [0.25, 0.3) is 0 Å². The Balaban J connectivity index is 5.19. The van der Waals surface area contributed by atoms with E-state index in [1.54, 1.807) is 13.8 Å². The molecular weight excluding hydrogens is 398 g/mol. The van der Waals surface area contributed by atoms with Crippen molar-refractivity contribution in [2.24, 2.45) is 23.3 Å². The average Bonchev–Trinajstić information content (AvgIpc) is 2.61. The number of primary amides is 1. The molecule has 4 atom stereocenters. The van der Waals surface area contributed by atoms with Gasteiger partial charge in [0.2, 0.25) is 23.6 Å². The Morgan fingerprint density at radius 3 is 1.80 bits per heavy atom. The summed E-state index contributed by atoms with van der Waals surface area (Å²) < 4.78 is 0. The van der Waals surface area contributed by atoms with Crippen molar-refractivity contribution in [1.82, 2.24) is 16.0 Å². The van der Waals surface area contributed by atoms with Crippen molar-refractivity contribution in [1.29, 1.82) is 0 Å². The summed E-state index contributed by atoms with van der Waals surface area (Å²) in [7, 11) is 0. The summed E-state index contributed by atoms with van der Waals surface area (Å²) in [5.74, 6) is -5.05. The molecule has 0 rings (SSSR count). The number of rotatable bonds is 13. The Morgan fingerprint density at radius 1 is 0.867 bits per heavy atom. The fourth-order valence-corrected chi connectivity index (χ4v) is 2.54. The number of carboxylic acid groups (broad SMARTS) is 1. The van der Waals surface area contributed by atoms with Gasteiger partial charge >= 0.3 is 5.97 Å². The van der Waals surface area contributed by atoms with Crippen molar-refractivity contribution < 1.29 is 34.2 Å². The Morgan fingerprint density at radius 2 is 1.40 bits per heavy atom. The van der Waals surface area contributed by atoms with E-state index in [0.29, 0.717) is 6.42 Å². The summed E-state index contributed by atoms with van der Waals surface area (Å²) in [6.45, 7) is 6.20. The van der Waals surface area contributed by atoms with Crippen molar-refractivity contribution in [2.75, 3.05) is 6.61 Å². The molecule has 0 aromatic rings. The van der Waals surface area contributed by atoms with Crippen LogP contribution in [-0.4, -0.2) is 70.6 Å². The lowest BCUT2D eigenvalue weighted by atomic mass is 10.0. The molecule has 0 aliphatic heterocycles. The third-order valence-corrected chi connectivity index (χ3v) is 4.14. The Kier molecular flexibility index (Phi) is 11.6. The van der Waals surface area contributed by atoms with Gasteiger partial charge in [0.25, 0.3) is 0 Å². The largest absolute Gasteiger partial charge is 0.480 e. The molecule has 30 heavy (non-hydrogen) atoms. The molecular formula is C18H33N5O7. The Labute approximate surface area is 175 Å². The number of aliphatic hydroxyl groups excluding tert-OH is 1. The maximum absolute atomic E-state index is 12.5. The minimum Gasteiger partial charge on any atom is -0.480 e. The van der Waals surface area contributed by atoms with Gasteiger partial charge in [-0.25, -0.2) is 4.79 Å². The van der Waals surface area contributed by atoms with Gasteiger partial charge in [-0.1, -0.05) is 27.7 Å². The zero-order valence-electron chi connectivity index (χ0n) is 17.7. The number of carboxylic acids is 1. The van der Waals surface area contributed by atoms with Crippen LogP contribution in [0.5, 0.6) is 0 Å². The zero-order valence-corrected chi connectivity index (χ0v) is 17.7. The molecule has 172 valence electrons. The third kappa shape index (κ3) is 9.65. The number of carbonyl (C=O) groups is 5. The van der Waals surface area contributed by atoms with E-state index in [1.165, 1.54) is 0 Å². The van der Waals surface area contributed by atoms with Gasteiger partial charge in [0, 0.05) is 0 Å². The number of carbonyl (C=O) groups excluding carboxylic acids is 4. The van der Waals surface area contributed by atoms with Gasteiger partial charge in [-0.2, -0.15) is 0 Å². The van der Waals surface area contributed by atoms with Gasteiger partial charge in [-0.15, -0.1) is 0 Å². The predicted octanol–water partition coefficient (Wildman–Crippen LogP) is -2.58. The molecule has 0 heterocycles. The molecule has 0 aromatic heterocycles. The van der Waals surface area contributed by atoms with E-state index >= 15 is 0 Å². The highest BCUT2D eigenvalue weighted by Crippen LogP contribution is 2.06. The van der Waals surface area contributed by atoms with Gasteiger partial charge in [0.1, 0.15) is 18.1 Å². The molecule has 0 aliphatic carbocycles. The minimum atomic E-state index is -1.56. The molecule has 9 N–H and O–H groups in total. The van der Waals surface area contributed by atoms with E-state index in [1.807, 2.05) is 13.8 Å². The van der Waals surface area contributed by atoms with E-state index in [9.17, 15) is 29.1 Å². The smallest absolute Gasteiger partial charge is 0.326 e. The molecule has 0 bridgehead atoms. The average molecular weight is 431 g/mol. The summed E-state index contributed by atoms with van der Waals surface area (Å²) in [6, 6.07) is -4.98. The highest BCUT2D eigenvalue weighted by atomic mass is 16.4. The van der Waals surface area contributed by atoms with Crippen LogP contribution in [0.15, 0.2) is 0 Å². The van der Waals surface area contributed by atoms with Gasteiger partial charge in [-0.05, 0) is 18.3 Å². The van der Waals surface area contributed by atoms with Crippen LogP contribution in [0.3, 0.4) is 0 Å². The Hall–Kier alpha value is -2.73. The second-order valence-electron chi connectivity index (χ2n) is 7.78. The molecule has 0 radical (unpaired) electrons. The van der Waals surface area contributed by atoms with Crippen molar-refractivity contribution in [3.63, 3.8) is 0 Å². The normalized spacial score (nSPS) is 15.1. The summed E-state index contributed by atoms with van der Waals surface area (Å²) in [5, 5.41) is 25.4. The highest BCUT2D eigenvalue weighted by molar-refractivity contribution is 5.95. The second kappa shape index (κ2) is 12.8. The zero-order chi connectivity index (χ0) is 23.6. The number of aliphatic hydroxyl groups is 1. The van der Waals surface area contributed by atoms with Crippen LogP contribution in [0.4, 0.5) is 0 Å². The first-order valence-electron chi connectivity index (χ1n) is 9.58.